The van der Waals surface area contributed by atoms with Gasteiger partial charge in [-0.1, -0.05) is 11.6 Å². The van der Waals surface area contributed by atoms with Gasteiger partial charge < -0.3 is 9.27 Å². The number of hydrogen-bond donors (Lipinski definition) is 2. The third kappa shape index (κ3) is 3.37. The largest absolute Gasteiger partial charge is 0.755 e. The standard InChI is InChI=1S/C7H9ClN2O5S2/c1-4-6(8)2-5(17(13,14)15-9)3-7(4)10-16(11)12/h2-3,10H,9H2,1H3,(H,11,12)/p-1. The molecule has 0 aliphatic carbocycles. The lowest BCUT2D eigenvalue weighted by Crippen LogP contribution is -2.12. The van der Waals surface area contributed by atoms with Gasteiger partial charge in [-0.3, -0.25) is 4.21 Å². The molecule has 0 spiro atoms. The van der Waals surface area contributed by atoms with Crippen LogP contribution < -0.4 is 10.6 Å². The molecule has 0 amide bonds. The van der Waals surface area contributed by atoms with Crippen LogP contribution in [-0.4, -0.2) is 17.2 Å². The van der Waals surface area contributed by atoms with Crippen LogP contribution in [0.4, 0.5) is 5.69 Å². The quantitative estimate of drug-likeness (QED) is 0.614. The number of halogens is 1. The van der Waals surface area contributed by atoms with Gasteiger partial charge in [0.15, 0.2) is 0 Å². The highest BCUT2D eigenvalue weighted by molar-refractivity contribution is 7.86. The van der Waals surface area contributed by atoms with Gasteiger partial charge in [0.2, 0.25) is 0 Å². The summed E-state index contributed by atoms with van der Waals surface area (Å²) in [6.07, 6.45) is 0. The Hall–Kier alpha value is -0.710. The molecule has 1 atom stereocenters. The van der Waals surface area contributed by atoms with Crippen LogP contribution in [0, 0.1) is 6.92 Å². The van der Waals surface area contributed by atoms with Crippen LogP contribution in [0.5, 0.6) is 0 Å². The molecular weight excluding hydrogens is 292 g/mol. The van der Waals surface area contributed by atoms with Crippen LogP contribution in [0.25, 0.3) is 0 Å². The highest BCUT2D eigenvalue weighted by atomic mass is 35.5. The summed E-state index contributed by atoms with van der Waals surface area (Å²) in [6, 6.07) is 2.16. The zero-order chi connectivity index (χ0) is 13.2. The minimum Gasteiger partial charge on any atom is -0.755 e. The Morgan fingerprint density at radius 1 is 1.53 bits per heavy atom. The van der Waals surface area contributed by atoms with Crippen molar-refractivity contribution in [3.63, 3.8) is 0 Å². The lowest BCUT2D eigenvalue weighted by Gasteiger charge is -2.13. The maximum Gasteiger partial charge on any atom is 0.312 e. The summed E-state index contributed by atoms with van der Waals surface area (Å²) in [5, 5.41) is 0.0658. The van der Waals surface area contributed by atoms with Crippen LogP contribution in [0.3, 0.4) is 0 Å². The molecule has 0 aliphatic heterocycles. The maximum absolute atomic E-state index is 11.3. The number of nitrogens with two attached hydrogens (primary N) is 1. The first-order valence-corrected chi connectivity index (χ1v) is 6.93. The highest BCUT2D eigenvalue weighted by Crippen LogP contribution is 2.28. The summed E-state index contributed by atoms with van der Waals surface area (Å²) < 4.78 is 49.5. The van der Waals surface area contributed by atoms with E-state index in [2.05, 4.69) is 10.2 Å². The van der Waals surface area contributed by atoms with Gasteiger partial charge in [0.05, 0.1) is 10.6 Å². The number of anilines is 1. The molecule has 17 heavy (non-hydrogen) atoms. The number of hydrogen-bond acceptors (Lipinski definition) is 6. The fourth-order valence-corrected chi connectivity index (χ4v) is 2.36. The monoisotopic (exact) mass is 299 g/mol. The van der Waals surface area contributed by atoms with E-state index in [9.17, 15) is 17.2 Å². The van der Waals surface area contributed by atoms with E-state index in [1.54, 1.807) is 0 Å². The van der Waals surface area contributed by atoms with E-state index in [0.29, 0.717) is 5.56 Å². The van der Waals surface area contributed by atoms with E-state index in [0.717, 1.165) is 12.1 Å². The van der Waals surface area contributed by atoms with Gasteiger partial charge in [-0.2, -0.15) is 18.6 Å². The first-order chi connectivity index (χ1) is 7.77. The van der Waals surface area contributed by atoms with Crippen LogP contribution >= 0.6 is 11.6 Å². The van der Waals surface area contributed by atoms with Crippen LogP contribution in [-0.2, 0) is 25.7 Å². The van der Waals surface area contributed by atoms with Gasteiger partial charge in [0.1, 0.15) is 0 Å². The third-order valence-electron chi connectivity index (χ3n) is 1.93. The molecule has 0 saturated heterocycles. The molecule has 0 aromatic heterocycles. The van der Waals surface area contributed by atoms with Crippen molar-refractivity contribution >= 4 is 38.7 Å². The summed E-state index contributed by atoms with van der Waals surface area (Å²) in [7, 11) is -4.14. The van der Waals surface area contributed by atoms with Crippen LogP contribution in [0.2, 0.25) is 5.02 Å². The Morgan fingerprint density at radius 3 is 2.59 bits per heavy atom. The molecule has 3 N–H and O–H groups in total. The Labute approximate surface area is 105 Å². The first kappa shape index (κ1) is 14.4. The van der Waals surface area contributed by atoms with Gasteiger partial charge in [-0.25, -0.2) is 0 Å². The summed E-state index contributed by atoms with van der Waals surface area (Å²) in [4.78, 5) is -0.344. The van der Waals surface area contributed by atoms with E-state index in [1.165, 1.54) is 6.92 Å². The Balaban J connectivity index is 3.38. The fourth-order valence-electron chi connectivity index (χ4n) is 1.05. The van der Waals surface area contributed by atoms with Crippen molar-refractivity contribution in [3.8, 4) is 0 Å². The highest BCUT2D eigenvalue weighted by Gasteiger charge is 2.17. The first-order valence-electron chi connectivity index (χ1n) is 4.07. The number of rotatable bonds is 4. The third-order valence-corrected chi connectivity index (χ3v) is 3.77. The molecule has 7 nitrogen and oxygen atoms in total. The van der Waals surface area contributed by atoms with E-state index in [-0.39, 0.29) is 15.6 Å². The van der Waals surface area contributed by atoms with Crippen molar-refractivity contribution in [1.29, 1.82) is 0 Å². The fraction of sp³-hybridized carbons (Fsp3) is 0.143. The van der Waals surface area contributed by atoms with Crippen LogP contribution in [0.1, 0.15) is 5.56 Å². The summed E-state index contributed by atoms with van der Waals surface area (Å²) >= 11 is 3.17. The molecule has 0 radical (unpaired) electrons. The summed E-state index contributed by atoms with van der Waals surface area (Å²) in [6.45, 7) is 1.53. The van der Waals surface area contributed by atoms with Crippen molar-refractivity contribution in [2.24, 2.45) is 5.90 Å². The zero-order valence-corrected chi connectivity index (χ0v) is 10.9. The minimum absolute atomic E-state index is 0.0291. The van der Waals surface area contributed by atoms with Crippen molar-refractivity contribution < 1.29 is 21.5 Å². The summed E-state index contributed by atoms with van der Waals surface area (Å²) in [5.41, 5.74) is 0.410. The molecule has 1 unspecified atom stereocenters. The van der Waals surface area contributed by atoms with Crippen molar-refractivity contribution in [2.75, 3.05) is 4.72 Å². The molecule has 0 fully saturated rings. The van der Waals surface area contributed by atoms with E-state index >= 15 is 0 Å². The molecule has 0 saturated carbocycles. The Kier molecular flexibility index (Phi) is 4.47. The minimum atomic E-state index is -4.14. The number of benzene rings is 1. The molecule has 0 bridgehead atoms. The van der Waals surface area contributed by atoms with E-state index < -0.39 is 21.4 Å². The van der Waals surface area contributed by atoms with Crippen molar-refractivity contribution in [1.82, 2.24) is 0 Å². The second-order valence-corrected chi connectivity index (χ2v) is 5.62. The predicted octanol–water partition coefficient (Wildman–Crippen LogP) is 0.433. The van der Waals surface area contributed by atoms with Gasteiger partial charge in [-0.05, 0) is 24.6 Å². The Morgan fingerprint density at radius 2 is 2.12 bits per heavy atom. The average molecular weight is 300 g/mol. The molecule has 1 rings (SSSR count). The maximum atomic E-state index is 11.3. The van der Waals surface area contributed by atoms with Gasteiger partial charge in [-0.15, -0.1) is 0 Å². The molecule has 1 aromatic carbocycles. The van der Waals surface area contributed by atoms with Gasteiger partial charge in [0.25, 0.3) is 0 Å². The molecule has 10 heteroatoms. The number of nitrogens with one attached hydrogen (secondary N) is 1. The molecular formula is C7H8ClN2O5S2-. The van der Waals surface area contributed by atoms with Crippen molar-refractivity contribution in [2.45, 2.75) is 11.8 Å². The molecule has 0 aliphatic rings. The SMILES string of the molecule is Cc1c(Cl)cc(S(=O)(=O)ON)cc1NS(=O)[O-]. The average Bonchev–Trinajstić information content (AvgIpc) is 2.23. The van der Waals surface area contributed by atoms with Crippen molar-refractivity contribution in [3.05, 3.63) is 22.7 Å². The topological polar surface area (TPSA) is 122 Å². The smallest absolute Gasteiger partial charge is 0.312 e. The molecule has 1 aromatic rings. The van der Waals surface area contributed by atoms with Gasteiger partial charge in [0, 0.05) is 16.3 Å². The second-order valence-electron chi connectivity index (χ2n) is 2.96. The zero-order valence-electron chi connectivity index (χ0n) is 8.47. The van der Waals surface area contributed by atoms with Gasteiger partial charge >= 0.3 is 10.1 Å². The lowest BCUT2D eigenvalue weighted by molar-refractivity contribution is 0.333. The summed E-state index contributed by atoms with van der Waals surface area (Å²) in [5.74, 6) is 4.60. The van der Waals surface area contributed by atoms with E-state index in [4.69, 9.17) is 11.6 Å². The molecule has 96 valence electrons. The molecule has 0 heterocycles. The second kappa shape index (κ2) is 5.29. The Bertz CT molecular complexity index is 560. The lowest BCUT2D eigenvalue weighted by atomic mass is 10.2. The van der Waals surface area contributed by atoms with E-state index in [1.807, 2.05) is 4.72 Å². The normalized spacial score (nSPS) is 13.4. The van der Waals surface area contributed by atoms with Crippen LogP contribution in [0.15, 0.2) is 17.0 Å². The predicted molar refractivity (Wildman–Crippen MR) is 61.2 cm³/mol.